The van der Waals surface area contributed by atoms with Gasteiger partial charge in [-0.25, -0.2) is 4.98 Å². The third-order valence-electron chi connectivity index (χ3n) is 3.07. The first-order chi connectivity index (χ1) is 8.45. The highest BCUT2D eigenvalue weighted by Gasteiger charge is 2.14. The van der Waals surface area contributed by atoms with Gasteiger partial charge in [-0.15, -0.1) is 0 Å². The van der Waals surface area contributed by atoms with E-state index in [-0.39, 0.29) is 11.6 Å². The number of rotatable bonds is 6. The SMILES string of the molecule is CCC(C)C(O)CNc1cc(C)c([N+](=O)[O-])cn1. The minimum Gasteiger partial charge on any atom is -0.391 e. The average Bonchev–Trinajstić information content (AvgIpc) is 2.34. The molecule has 0 saturated carbocycles. The first-order valence-electron chi connectivity index (χ1n) is 5.98. The van der Waals surface area contributed by atoms with Gasteiger partial charge in [0.1, 0.15) is 12.0 Å². The highest BCUT2D eigenvalue weighted by atomic mass is 16.6. The van der Waals surface area contributed by atoms with Gasteiger partial charge in [0, 0.05) is 12.1 Å². The molecule has 0 spiro atoms. The standard InChI is InChI=1S/C12H19N3O3/c1-4-8(2)11(16)7-14-12-5-9(3)10(6-13-12)15(17)18/h5-6,8,11,16H,4,7H2,1-3H3,(H,13,14). The molecule has 0 amide bonds. The molecule has 2 unspecified atom stereocenters. The van der Waals surface area contributed by atoms with Crippen molar-refractivity contribution in [2.75, 3.05) is 11.9 Å². The van der Waals surface area contributed by atoms with Crippen molar-refractivity contribution in [2.45, 2.75) is 33.3 Å². The number of hydrogen-bond donors (Lipinski definition) is 2. The second-order valence-electron chi connectivity index (χ2n) is 4.45. The quantitative estimate of drug-likeness (QED) is 0.598. The van der Waals surface area contributed by atoms with Gasteiger partial charge in [-0.3, -0.25) is 10.1 Å². The van der Waals surface area contributed by atoms with Crippen molar-refractivity contribution in [3.63, 3.8) is 0 Å². The zero-order valence-corrected chi connectivity index (χ0v) is 10.9. The number of anilines is 1. The molecule has 0 aliphatic carbocycles. The van der Waals surface area contributed by atoms with Crippen LogP contribution in [0.15, 0.2) is 12.3 Å². The van der Waals surface area contributed by atoms with Gasteiger partial charge in [-0.05, 0) is 18.9 Å². The van der Waals surface area contributed by atoms with Crippen LogP contribution in [0.1, 0.15) is 25.8 Å². The molecule has 1 heterocycles. The summed E-state index contributed by atoms with van der Waals surface area (Å²) in [5.74, 6) is 0.747. The van der Waals surface area contributed by atoms with Gasteiger partial charge in [-0.2, -0.15) is 0 Å². The molecule has 0 saturated heterocycles. The van der Waals surface area contributed by atoms with E-state index >= 15 is 0 Å². The van der Waals surface area contributed by atoms with Gasteiger partial charge >= 0.3 is 0 Å². The van der Waals surface area contributed by atoms with Crippen LogP contribution in [-0.2, 0) is 0 Å². The predicted molar refractivity (Wildman–Crippen MR) is 69.6 cm³/mol. The number of pyridine rings is 1. The molecule has 0 bridgehead atoms. The maximum atomic E-state index is 10.6. The van der Waals surface area contributed by atoms with Crippen LogP contribution in [0.4, 0.5) is 11.5 Å². The van der Waals surface area contributed by atoms with E-state index < -0.39 is 11.0 Å². The summed E-state index contributed by atoms with van der Waals surface area (Å²) in [6.45, 7) is 6.04. The number of aliphatic hydroxyl groups excluding tert-OH is 1. The molecule has 0 fully saturated rings. The molecular weight excluding hydrogens is 234 g/mol. The molecule has 0 aliphatic rings. The fourth-order valence-corrected chi connectivity index (χ4v) is 1.52. The second-order valence-corrected chi connectivity index (χ2v) is 4.45. The number of hydrogen-bond acceptors (Lipinski definition) is 5. The van der Waals surface area contributed by atoms with E-state index in [0.29, 0.717) is 17.9 Å². The molecular formula is C12H19N3O3. The number of nitrogens with zero attached hydrogens (tertiary/aromatic N) is 2. The van der Waals surface area contributed by atoms with E-state index in [2.05, 4.69) is 10.3 Å². The Hall–Kier alpha value is -1.69. The molecule has 2 N–H and O–H groups in total. The van der Waals surface area contributed by atoms with Gasteiger partial charge in [0.05, 0.1) is 11.0 Å². The van der Waals surface area contributed by atoms with E-state index in [1.165, 1.54) is 6.20 Å². The maximum Gasteiger partial charge on any atom is 0.290 e. The summed E-state index contributed by atoms with van der Waals surface area (Å²) in [5, 5.41) is 23.4. The zero-order valence-electron chi connectivity index (χ0n) is 10.9. The fourth-order valence-electron chi connectivity index (χ4n) is 1.52. The molecule has 2 atom stereocenters. The van der Waals surface area contributed by atoms with Crippen LogP contribution in [0.25, 0.3) is 0 Å². The molecule has 100 valence electrons. The van der Waals surface area contributed by atoms with Crippen LogP contribution in [0, 0.1) is 23.0 Å². The van der Waals surface area contributed by atoms with Gasteiger partial charge in [0.25, 0.3) is 5.69 Å². The van der Waals surface area contributed by atoms with E-state index in [0.717, 1.165) is 6.42 Å². The zero-order chi connectivity index (χ0) is 13.7. The topological polar surface area (TPSA) is 88.3 Å². The lowest BCUT2D eigenvalue weighted by molar-refractivity contribution is -0.385. The van der Waals surface area contributed by atoms with Crippen molar-refractivity contribution >= 4 is 11.5 Å². The lowest BCUT2D eigenvalue weighted by Gasteiger charge is -2.17. The average molecular weight is 253 g/mol. The Bertz CT molecular complexity index is 423. The summed E-state index contributed by atoms with van der Waals surface area (Å²) in [5.41, 5.74) is 0.554. The van der Waals surface area contributed by atoms with Crippen LogP contribution in [-0.4, -0.2) is 27.7 Å². The molecule has 0 radical (unpaired) electrons. The van der Waals surface area contributed by atoms with Crippen LogP contribution < -0.4 is 5.32 Å². The first-order valence-corrected chi connectivity index (χ1v) is 5.98. The summed E-state index contributed by atoms with van der Waals surface area (Å²) in [4.78, 5) is 14.1. The number of aromatic nitrogens is 1. The van der Waals surface area contributed by atoms with Crippen LogP contribution >= 0.6 is 0 Å². The van der Waals surface area contributed by atoms with Gasteiger partial charge < -0.3 is 10.4 Å². The fraction of sp³-hybridized carbons (Fsp3) is 0.583. The van der Waals surface area contributed by atoms with Crippen molar-refractivity contribution in [2.24, 2.45) is 5.92 Å². The molecule has 1 rings (SSSR count). The third-order valence-corrected chi connectivity index (χ3v) is 3.07. The third kappa shape index (κ3) is 3.66. The number of aliphatic hydroxyl groups is 1. The number of aryl methyl sites for hydroxylation is 1. The molecule has 6 nitrogen and oxygen atoms in total. The Morgan fingerprint density at radius 1 is 1.61 bits per heavy atom. The lowest BCUT2D eigenvalue weighted by Crippen LogP contribution is -2.26. The molecule has 0 aliphatic heterocycles. The van der Waals surface area contributed by atoms with E-state index in [1.54, 1.807) is 13.0 Å². The highest BCUT2D eigenvalue weighted by Crippen LogP contribution is 2.19. The Balaban J connectivity index is 2.64. The Labute approximate surface area is 106 Å². The monoisotopic (exact) mass is 253 g/mol. The van der Waals surface area contributed by atoms with Gasteiger partial charge in [0.2, 0.25) is 0 Å². The Morgan fingerprint density at radius 3 is 2.78 bits per heavy atom. The summed E-state index contributed by atoms with van der Waals surface area (Å²) in [6.07, 6.45) is 1.68. The second kappa shape index (κ2) is 6.30. The van der Waals surface area contributed by atoms with Crippen molar-refractivity contribution in [3.05, 3.63) is 27.9 Å². The molecule has 6 heteroatoms. The minimum absolute atomic E-state index is 0.00280. The lowest BCUT2D eigenvalue weighted by atomic mass is 10.0. The summed E-state index contributed by atoms with van der Waals surface area (Å²) >= 11 is 0. The van der Waals surface area contributed by atoms with Crippen LogP contribution in [0.3, 0.4) is 0 Å². The minimum atomic E-state index is -0.458. The number of nitrogens with one attached hydrogen (secondary N) is 1. The number of nitro groups is 1. The summed E-state index contributed by atoms with van der Waals surface area (Å²) < 4.78 is 0. The normalized spacial score (nSPS) is 14.0. The molecule has 0 aromatic carbocycles. The van der Waals surface area contributed by atoms with Gasteiger partial charge in [0.15, 0.2) is 0 Å². The Morgan fingerprint density at radius 2 is 2.28 bits per heavy atom. The highest BCUT2D eigenvalue weighted by molar-refractivity contribution is 5.46. The smallest absolute Gasteiger partial charge is 0.290 e. The van der Waals surface area contributed by atoms with E-state index in [1.807, 2.05) is 13.8 Å². The van der Waals surface area contributed by atoms with Crippen LogP contribution in [0.2, 0.25) is 0 Å². The Kier molecular flexibility index (Phi) is 5.03. The van der Waals surface area contributed by atoms with Gasteiger partial charge in [-0.1, -0.05) is 20.3 Å². The maximum absolute atomic E-state index is 10.6. The molecule has 1 aromatic heterocycles. The van der Waals surface area contributed by atoms with Crippen LogP contribution in [0.5, 0.6) is 0 Å². The van der Waals surface area contributed by atoms with E-state index in [4.69, 9.17) is 0 Å². The summed E-state index contributed by atoms with van der Waals surface area (Å²) in [6, 6.07) is 1.61. The van der Waals surface area contributed by atoms with Crippen molar-refractivity contribution in [3.8, 4) is 0 Å². The molecule has 18 heavy (non-hydrogen) atoms. The first kappa shape index (κ1) is 14.4. The van der Waals surface area contributed by atoms with Crippen molar-refractivity contribution in [1.82, 2.24) is 4.98 Å². The van der Waals surface area contributed by atoms with Crippen molar-refractivity contribution in [1.29, 1.82) is 0 Å². The molecule has 1 aromatic rings. The largest absolute Gasteiger partial charge is 0.391 e. The van der Waals surface area contributed by atoms with Crippen molar-refractivity contribution < 1.29 is 10.0 Å². The van der Waals surface area contributed by atoms with E-state index in [9.17, 15) is 15.2 Å². The predicted octanol–water partition coefficient (Wildman–Crippen LogP) is 2.12. The summed E-state index contributed by atoms with van der Waals surface area (Å²) in [7, 11) is 0.